The molecule has 13 heavy (non-hydrogen) atoms. The summed E-state index contributed by atoms with van der Waals surface area (Å²) in [6.45, 7) is 8.68. The van der Waals surface area contributed by atoms with Crippen molar-refractivity contribution >= 4 is 0 Å². The molecule has 0 amide bonds. The summed E-state index contributed by atoms with van der Waals surface area (Å²) in [6, 6.07) is 0. The second-order valence-electron chi connectivity index (χ2n) is 5.11. The monoisotopic (exact) mass is 181 g/mol. The fourth-order valence-corrected chi connectivity index (χ4v) is 3.09. The molecule has 0 spiro atoms. The molecule has 1 saturated heterocycles. The first-order valence-corrected chi connectivity index (χ1v) is 6.02. The van der Waals surface area contributed by atoms with E-state index in [1.807, 2.05) is 0 Å². The van der Waals surface area contributed by atoms with Crippen LogP contribution in [-0.4, -0.2) is 24.5 Å². The molecule has 0 aromatic heterocycles. The van der Waals surface area contributed by atoms with Gasteiger partial charge in [-0.3, -0.25) is 0 Å². The molecule has 0 atom stereocenters. The van der Waals surface area contributed by atoms with Crippen LogP contribution in [0.1, 0.15) is 39.5 Å². The smallest absolute Gasteiger partial charge is 0.00161 e. The molecule has 0 unspecified atom stereocenters. The normalized spacial score (nSPS) is 37.4. The van der Waals surface area contributed by atoms with Crippen LogP contribution in [0.3, 0.4) is 0 Å². The minimum atomic E-state index is 1.04. The van der Waals surface area contributed by atoms with Crippen molar-refractivity contribution in [1.82, 2.24) is 4.90 Å². The molecule has 1 heterocycles. The van der Waals surface area contributed by atoms with Crippen molar-refractivity contribution in [1.29, 1.82) is 0 Å². The Labute approximate surface area is 82.5 Å². The molecule has 1 aliphatic carbocycles. The summed E-state index contributed by atoms with van der Waals surface area (Å²) in [6.07, 6.45) is 6.00. The largest absolute Gasteiger partial charge is 0.304 e. The van der Waals surface area contributed by atoms with E-state index in [4.69, 9.17) is 0 Å². The molecule has 1 aliphatic heterocycles. The minimum Gasteiger partial charge on any atom is -0.304 e. The van der Waals surface area contributed by atoms with Gasteiger partial charge in [-0.25, -0.2) is 0 Å². The van der Waals surface area contributed by atoms with E-state index in [1.165, 1.54) is 45.3 Å². The van der Waals surface area contributed by atoms with Crippen LogP contribution in [0.25, 0.3) is 0 Å². The van der Waals surface area contributed by atoms with Crippen LogP contribution < -0.4 is 0 Å². The van der Waals surface area contributed by atoms with Gasteiger partial charge in [0.1, 0.15) is 0 Å². The van der Waals surface area contributed by atoms with Gasteiger partial charge in [0, 0.05) is 0 Å². The minimum absolute atomic E-state index is 1.04. The van der Waals surface area contributed by atoms with Crippen LogP contribution in [0, 0.1) is 17.8 Å². The SMILES string of the molecule is CCN1CCC(C2CC(C)C2)CC1. The molecule has 2 fully saturated rings. The molecule has 0 bridgehead atoms. The van der Waals surface area contributed by atoms with Crippen molar-refractivity contribution in [3.63, 3.8) is 0 Å². The van der Waals surface area contributed by atoms with Crippen molar-refractivity contribution in [2.75, 3.05) is 19.6 Å². The van der Waals surface area contributed by atoms with E-state index in [0.717, 1.165) is 17.8 Å². The zero-order chi connectivity index (χ0) is 9.26. The van der Waals surface area contributed by atoms with Crippen LogP contribution in [0.2, 0.25) is 0 Å². The first kappa shape index (κ1) is 9.51. The molecule has 0 aromatic rings. The zero-order valence-electron chi connectivity index (χ0n) is 9.13. The summed E-state index contributed by atoms with van der Waals surface area (Å²) in [4.78, 5) is 2.60. The lowest BCUT2D eigenvalue weighted by molar-refractivity contribution is 0.0778. The Balaban J connectivity index is 1.72. The summed E-state index contributed by atoms with van der Waals surface area (Å²) in [5, 5.41) is 0. The number of hydrogen-bond acceptors (Lipinski definition) is 1. The summed E-state index contributed by atoms with van der Waals surface area (Å²) >= 11 is 0. The maximum Gasteiger partial charge on any atom is -0.00161 e. The van der Waals surface area contributed by atoms with Crippen molar-refractivity contribution < 1.29 is 0 Å². The van der Waals surface area contributed by atoms with Gasteiger partial charge in [-0.05, 0) is 63.1 Å². The molecule has 1 heteroatoms. The predicted molar refractivity (Wildman–Crippen MR) is 56.7 cm³/mol. The molecule has 1 nitrogen and oxygen atoms in total. The Hall–Kier alpha value is -0.0400. The molecular weight excluding hydrogens is 158 g/mol. The van der Waals surface area contributed by atoms with E-state index in [2.05, 4.69) is 18.7 Å². The molecular formula is C12H23N. The van der Waals surface area contributed by atoms with Crippen molar-refractivity contribution in [2.45, 2.75) is 39.5 Å². The summed E-state index contributed by atoms with van der Waals surface area (Å²) in [5.74, 6) is 3.22. The van der Waals surface area contributed by atoms with Gasteiger partial charge in [-0.2, -0.15) is 0 Å². The van der Waals surface area contributed by atoms with Gasteiger partial charge in [0.05, 0.1) is 0 Å². The average molecular weight is 181 g/mol. The molecule has 0 radical (unpaired) electrons. The third-order valence-corrected chi connectivity index (χ3v) is 4.16. The van der Waals surface area contributed by atoms with Gasteiger partial charge in [-0.15, -0.1) is 0 Å². The van der Waals surface area contributed by atoms with E-state index in [1.54, 1.807) is 0 Å². The molecule has 0 aromatic carbocycles. The number of nitrogens with zero attached hydrogens (tertiary/aromatic N) is 1. The second-order valence-corrected chi connectivity index (χ2v) is 5.11. The molecule has 2 aliphatic rings. The highest BCUT2D eigenvalue weighted by Gasteiger charge is 2.33. The Morgan fingerprint density at radius 3 is 2.15 bits per heavy atom. The number of rotatable bonds is 2. The maximum absolute atomic E-state index is 2.60. The zero-order valence-corrected chi connectivity index (χ0v) is 9.13. The van der Waals surface area contributed by atoms with Gasteiger partial charge in [0.2, 0.25) is 0 Å². The van der Waals surface area contributed by atoms with Crippen LogP contribution in [0.15, 0.2) is 0 Å². The van der Waals surface area contributed by atoms with Gasteiger partial charge >= 0.3 is 0 Å². The van der Waals surface area contributed by atoms with Gasteiger partial charge in [-0.1, -0.05) is 13.8 Å². The topological polar surface area (TPSA) is 3.24 Å². The lowest BCUT2D eigenvalue weighted by Crippen LogP contribution is -2.39. The van der Waals surface area contributed by atoms with Gasteiger partial charge in [0.15, 0.2) is 0 Å². The fraction of sp³-hybridized carbons (Fsp3) is 1.00. The van der Waals surface area contributed by atoms with Crippen LogP contribution >= 0.6 is 0 Å². The Bertz CT molecular complexity index is 153. The quantitative estimate of drug-likeness (QED) is 0.633. The standard InChI is InChI=1S/C12H23N/c1-3-13-6-4-11(5-7-13)12-8-10(2)9-12/h10-12H,3-9H2,1-2H3. The van der Waals surface area contributed by atoms with E-state index in [9.17, 15) is 0 Å². The lowest BCUT2D eigenvalue weighted by atomic mass is 9.67. The molecule has 0 N–H and O–H groups in total. The lowest BCUT2D eigenvalue weighted by Gasteiger charge is -2.42. The first-order valence-electron chi connectivity index (χ1n) is 6.02. The van der Waals surface area contributed by atoms with Crippen LogP contribution in [-0.2, 0) is 0 Å². The van der Waals surface area contributed by atoms with E-state index >= 15 is 0 Å². The third kappa shape index (κ3) is 2.07. The predicted octanol–water partition coefficient (Wildman–Crippen LogP) is 2.76. The number of hydrogen-bond donors (Lipinski definition) is 0. The Morgan fingerprint density at radius 1 is 1.08 bits per heavy atom. The Kier molecular flexibility index (Phi) is 2.92. The highest BCUT2D eigenvalue weighted by molar-refractivity contribution is 4.85. The highest BCUT2D eigenvalue weighted by atomic mass is 15.1. The average Bonchev–Trinajstić information content (AvgIpc) is 2.13. The summed E-state index contributed by atoms with van der Waals surface area (Å²) in [7, 11) is 0. The molecule has 2 rings (SSSR count). The van der Waals surface area contributed by atoms with E-state index < -0.39 is 0 Å². The summed E-state index contributed by atoms with van der Waals surface area (Å²) < 4.78 is 0. The fourth-order valence-electron chi connectivity index (χ4n) is 3.09. The van der Waals surface area contributed by atoms with Crippen LogP contribution in [0.4, 0.5) is 0 Å². The Morgan fingerprint density at radius 2 is 1.69 bits per heavy atom. The van der Waals surface area contributed by atoms with Gasteiger partial charge in [0.25, 0.3) is 0 Å². The third-order valence-electron chi connectivity index (χ3n) is 4.16. The van der Waals surface area contributed by atoms with E-state index in [-0.39, 0.29) is 0 Å². The van der Waals surface area contributed by atoms with Crippen molar-refractivity contribution in [3.05, 3.63) is 0 Å². The summed E-state index contributed by atoms with van der Waals surface area (Å²) in [5.41, 5.74) is 0. The van der Waals surface area contributed by atoms with Gasteiger partial charge < -0.3 is 4.90 Å². The second kappa shape index (κ2) is 4.00. The number of likely N-dealkylation sites (tertiary alicyclic amines) is 1. The first-order chi connectivity index (χ1) is 6.29. The maximum atomic E-state index is 2.60. The molecule has 76 valence electrons. The number of piperidine rings is 1. The van der Waals surface area contributed by atoms with Crippen LogP contribution in [0.5, 0.6) is 0 Å². The van der Waals surface area contributed by atoms with E-state index in [0.29, 0.717) is 0 Å². The van der Waals surface area contributed by atoms with Crippen molar-refractivity contribution in [3.8, 4) is 0 Å². The molecule has 1 saturated carbocycles. The highest BCUT2D eigenvalue weighted by Crippen LogP contribution is 2.42. The van der Waals surface area contributed by atoms with Crippen molar-refractivity contribution in [2.24, 2.45) is 17.8 Å².